The quantitative estimate of drug-likeness (QED) is 0.872. The van der Waals surface area contributed by atoms with Crippen LogP contribution in [-0.4, -0.2) is 34.4 Å². The number of aromatic nitrogens is 1. The summed E-state index contributed by atoms with van der Waals surface area (Å²) in [6.07, 6.45) is 4.16. The van der Waals surface area contributed by atoms with Gasteiger partial charge in [-0.2, -0.15) is 0 Å². The van der Waals surface area contributed by atoms with Crippen LogP contribution in [0.2, 0.25) is 0 Å². The molecule has 0 saturated heterocycles. The fraction of sp³-hybridized carbons (Fsp3) is 0.769. The summed E-state index contributed by atoms with van der Waals surface area (Å²) in [6.45, 7) is 5.43. The number of aliphatic hydroxyl groups is 1. The first-order valence-corrected chi connectivity index (χ1v) is 6.33. The lowest BCUT2D eigenvalue weighted by Gasteiger charge is -2.28. The number of hydrogen-bond acceptors (Lipinski definition) is 4. The van der Waals surface area contributed by atoms with Gasteiger partial charge >= 0.3 is 0 Å². The lowest BCUT2D eigenvalue weighted by molar-refractivity contribution is 0.0144. The largest absolute Gasteiger partial charge is 0.389 e. The maximum absolute atomic E-state index is 10.3. The zero-order valence-electron chi connectivity index (χ0n) is 11.0. The van der Waals surface area contributed by atoms with E-state index in [1.807, 2.05) is 20.9 Å². The van der Waals surface area contributed by atoms with E-state index in [0.717, 1.165) is 55.8 Å². The Labute approximate surface area is 103 Å². The molecule has 2 rings (SSSR count). The van der Waals surface area contributed by atoms with Crippen LogP contribution in [0.4, 0.5) is 0 Å². The first-order chi connectivity index (χ1) is 8.00. The molecular weight excluding hydrogens is 216 g/mol. The van der Waals surface area contributed by atoms with Gasteiger partial charge in [0.15, 0.2) is 0 Å². The zero-order valence-corrected chi connectivity index (χ0v) is 11.0. The van der Waals surface area contributed by atoms with Gasteiger partial charge in [0, 0.05) is 18.7 Å². The molecule has 0 aromatic carbocycles. The Kier molecular flexibility index (Phi) is 3.54. The molecule has 1 aromatic heterocycles. The third-order valence-corrected chi connectivity index (χ3v) is 3.71. The Morgan fingerprint density at radius 1 is 1.35 bits per heavy atom. The van der Waals surface area contributed by atoms with Crippen molar-refractivity contribution in [3.63, 3.8) is 0 Å². The van der Waals surface area contributed by atoms with E-state index in [-0.39, 0.29) is 0 Å². The van der Waals surface area contributed by atoms with Crippen LogP contribution >= 0.6 is 0 Å². The highest BCUT2D eigenvalue weighted by Gasteiger charge is 2.32. The predicted molar refractivity (Wildman–Crippen MR) is 65.7 cm³/mol. The normalized spacial score (nSPS) is 19.1. The Bertz CT molecular complexity index is 361. The molecule has 0 bridgehead atoms. The van der Waals surface area contributed by atoms with Crippen molar-refractivity contribution in [2.24, 2.45) is 0 Å². The van der Waals surface area contributed by atoms with Crippen LogP contribution < -0.4 is 0 Å². The molecular formula is C13H22N2O2. The molecule has 4 nitrogen and oxygen atoms in total. The summed E-state index contributed by atoms with van der Waals surface area (Å²) < 4.78 is 5.15. The SMILES string of the molecule is Cc1noc(C)c1CN(C)CC1(O)CCCC1. The summed E-state index contributed by atoms with van der Waals surface area (Å²) >= 11 is 0. The first-order valence-electron chi connectivity index (χ1n) is 6.33. The van der Waals surface area contributed by atoms with Crippen LogP contribution in [0.5, 0.6) is 0 Å². The van der Waals surface area contributed by atoms with Crippen molar-refractivity contribution in [3.05, 3.63) is 17.0 Å². The average molecular weight is 238 g/mol. The monoisotopic (exact) mass is 238 g/mol. The van der Waals surface area contributed by atoms with Crippen molar-refractivity contribution in [3.8, 4) is 0 Å². The fourth-order valence-corrected chi connectivity index (χ4v) is 2.75. The highest BCUT2D eigenvalue weighted by molar-refractivity contribution is 5.20. The van der Waals surface area contributed by atoms with E-state index in [1.54, 1.807) is 0 Å². The molecule has 1 aromatic rings. The summed E-state index contributed by atoms with van der Waals surface area (Å²) in [4.78, 5) is 2.16. The van der Waals surface area contributed by atoms with Crippen LogP contribution in [0.25, 0.3) is 0 Å². The van der Waals surface area contributed by atoms with E-state index < -0.39 is 5.60 Å². The van der Waals surface area contributed by atoms with Gasteiger partial charge < -0.3 is 9.63 Å². The third kappa shape index (κ3) is 2.87. The number of hydrogen-bond donors (Lipinski definition) is 1. The molecule has 17 heavy (non-hydrogen) atoms. The average Bonchev–Trinajstić information content (AvgIpc) is 2.79. The van der Waals surface area contributed by atoms with Crippen LogP contribution in [0, 0.1) is 13.8 Å². The minimum atomic E-state index is -0.478. The van der Waals surface area contributed by atoms with Crippen LogP contribution in [0.15, 0.2) is 4.52 Å². The van der Waals surface area contributed by atoms with E-state index in [0.29, 0.717) is 0 Å². The lowest BCUT2D eigenvalue weighted by Crippen LogP contribution is -2.38. The molecule has 96 valence electrons. The Hall–Kier alpha value is -0.870. The molecule has 0 spiro atoms. The fourth-order valence-electron chi connectivity index (χ4n) is 2.75. The third-order valence-electron chi connectivity index (χ3n) is 3.71. The smallest absolute Gasteiger partial charge is 0.138 e. The highest BCUT2D eigenvalue weighted by atomic mass is 16.5. The molecule has 0 atom stereocenters. The summed E-state index contributed by atoms with van der Waals surface area (Å²) in [6, 6.07) is 0. The van der Waals surface area contributed by atoms with E-state index in [2.05, 4.69) is 10.1 Å². The van der Waals surface area contributed by atoms with Gasteiger partial charge in [-0.25, -0.2) is 0 Å². The maximum Gasteiger partial charge on any atom is 0.138 e. The van der Waals surface area contributed by atoms with Gasteiger partial charge in [-0.3, -0.25) is 4.90 Å². The van der Waals surface area contributed by atoms with Crippen molar-refractivity contribution < 1.29 is 9.63 Å². The second-order valence-electron chi connectivity index (χ2n) is 5.41. The van der Waals surface area contributed by atoms with Crippen molar-refractivity contribution >= 4 is 0 Å². The molecule has 1 saturated carbocycles. The van der Waals surface area contributed by atoms with E-state index in [4.69, 9.17) is 4.52 Å². The van der Waals surface area contributed by atoms with Crippen LogP contribution in [0.1, 0.15) is 42.7 Å². The summed E-state index contributed by atoms with van der Waals surface area (Å²) in [5.41, 5.74) is 1.62. The van der Waals surface area contributed by atoms with Crippen molar-refractivity contribution in [1.82, 2.24) is 10.1 Å². The van der Waals surface area contributed by atoms with Crippen molar-refractivity contribution in [1.29, 1.82) is 0 Å². The van der Waals surface area contributed by atoms with Gasteiger partial charge in [-0.05, 0) is 33.7 Å². The van der Waals surface area contributed by atoms with Gasteiger partial charge in [-0.1, -0.05) is 18.0 Å². The van der Waals surface area contributed by atoms with E-state index >= 15 is 0 Å². The summed E-state index contributed by atoms with van der Waals surface area (Å²) in [5.74, 6) is 0.882. The standard InChI is InChI=1S/C13H22N2O2/c1-10-12(11(2)17-14-10)8-15(3)9-13(16)6-4-5-7-13/h16H,4-9H2,1-3H3. The lowest BCUT2D eigenvalue weighted by atomic mass is 10.0. The van der Waals surface area contributed by atoms with Gasteiger partial charge in [0.05, 0.1) is 11.3 Å². The number of likely N-dealkylation sites (N-methyl/N-ethyl adjacent to an activating group) is 1. The molecule has 0 unspecified atom stereocenters. The molecule has 0 aliphatic heterocycles. The highest BCUT2D eigenvalue weighted by Crippen LogP contribution is 2.30. The van der Waals surface area contributed by atoms with Crippen LogP contribution in [-0.2, 0) is 6.54 Å². The molecule has 0 amide bonds. The van der Waals surface area contributed by atoms with Gasteiger partial charge in [0.1, 0.15) is 5.76 Å². The second-order valence-corrected chi connectivity index (χ2v) is 5.41. The molecule has 4 heteroatoms. The predicted octanol–water partition coefficient (Wildman–Crippen LogP) is 2.03. The molecule has 1 heterocycles. The van der Waals surface area contributed by atoms with Gasteiger partial charge in [0.2, 0.25) is 0 Å². The van der Waals surface area contributed by atoms with Crippen molar-refractivity contribution in [2.75, 3.05) is 13.6 Å². The Balaban J connectivity index is 1.95. The molecule has 0 radical (unpaired) electrons. The number of rotatable bonds is 4. The Morgan fingerprint density at radius 3 is 2.53 bits per heavy atom. The minimum Gasteiger partial charge on any atom is -0.389 e. The van der Waals surface area contributed by atoms with E-state index in [9.17, 15) is 5.11 Å². The number of nitrogens with zero attached hydrogens (tertiary/aromatic N) is 2. The van der Waals surface area contributed by atoms with Gasteiger partial charge in [-0.15, -0.1) is 0 Å². The molecule has 1 fully saturated rings. The minimum absolute atomic E-state index is 0.478. The zero-order chi connectivity index (χ0) is 12.5. The summed E-state index contributed by atoms with van der Waals surface area (Å²) in [7, 11) is 2.04. The maximum atomic E-state index is 10.3. The van der Waals surface area contributed by atoms with E-state index in [1.165, 1.54) is 0 Å². The second kappa shape index (κ2) is 4.78. The Morgan fingerprint density at radius 2 is 2.00 bits per heavy atom. The van der Waals surface area contributed by atoms with Gasteiger partial charge in [0.25, 0.3) is 0 Å². The molecule has 1 N–H and O–H groups in total. The molecule has 1 aliphatic carbocycles. The van der Waals surface area contributed by atoms with Crippen molar-refractivity contribution in [2.45, 2.75) is 51.7 Å². The molecule has 1 aliphatic rings. The first kappa shape index (κ1) is 12.6. The van der Waals surface area contributed by atoms with Crippen LogP contribution in [0.3, 0.4) is 0 Å². The summed E-state index contributed by atoms with van der Waals surface area (Å²) in [5, 5.41) is 14.3. The topological polar surface area (TPSA) is 49.5 Å². The number of aryl methyl sites for hydroxylation is 2.